The van der Waals surface area contributed by atoms with Gasteiger partial charge in [0.2, 0.25) is 11.5 Å². The molecular formula is C16H14Cl2N2O6. The molecule has 2 rings (SSSR count). The zero-order valence-corrected chi connectivity index (χ0v) is 15.5. The van der Waals surface area contributed by atoms with Crippen LogP contribution in [0.1, 0.15) is 10.4 Å². The van der Waals surface area contributed by atoms with Crippen LogP contribution in [0.25, 0.3) is 0 Å². The number of hydrogen-bond acceptors (Lipinski definition) is 6. The zero-order valence-electron chi connectivity index (χ0n) is 14.0. The molecule has 2 aromatic rings. The van der Waals surface area contributed by atoms with Crippen LogP contribution in [0.2, 0.25) is 10.0 Å². The van der Waals surface area contributed by atoms with Crippen molar-refractivity contribution in [1.82, 2.24) is 0 Å². The fourth-order valence-electron chi connectivity index (χ4n) is 2.27. The first kappa shape index (κ1) is 19.6. The maximum Gasteiger partial charge on any atom is 0.327 e. The second-order valence-corrected chi connectivity index (χ2v) is 5.70. The number of nitro groups is 1. The number of carbonyl (C=O) groups is 1. The first-order valence-corrected chi connectivity index (χ1v) is 7.83. The quantitative estimate of drug-likeness (QED) is 0.576. The van der Waals surface area contributed by atoms with E-state index in [9.17, 15) is 14.9 Å². The highest BCUT2D eigenvalue weighted by molar-refractivity contribution is 6.42. The molecule has 8 nitrogen and oxygen atoms in total. The molecule has 0 heterocycles. The summed E-state index contributed by atoms with van der Waals surface area (Å²) in [5.41, 5.74) is -0.509. The summed E-state index contributed by atoms with van der Waals surface area (Å²) in [6, 6.07) is 5.62. The second-order valence-electron chi connectivity index (χ2n) is 4.88. The van der Waals surface area contributed by atoms with Crippen molar-refractivity contribution in [3.63, 3.8) is 0 Å². The van der Waals surface area contributed by atoms with Gasteiger partial charge in [0.1, 0.15) is 5.56 Å². The Labute approximate surface area is 158 Å². The van der Waals surface area contributed by atoms with E-state index >= 15 is 0 Å². The smallest absolute Gasteiger partial charge is 0.327 e. The third kappa shape index (κ3) is 3.76. The number of hydrogen-bond donors (Lipinski definition) is 1. The van der Waals surface area contributed by atoms with Gasteiger partial charge in [-0.3, -0.25) is 14.9 Å². The normalized spacial score (nSPS) is 10.2. The Morgan fingerprint density at radius 3 is 2.19 bits per heavy atom. The number of nitrogens with one attached hydrogen (secondary N) is 1. The van der Waals surface area contributed by atoms with Crippen LogP contribution in [0.3, 0.4) is 0 Å². The Balaban J connectivity index is 2.57. The van der Waals surface area contributed by atoms with Crippen molar-refractivity contribution in [1.29, 1.82) is 0 Å². The SMILES string of the molecule is COc1cc(C(=O)Nc2ccc(Cl)c(Cl)c2)c([N+](=O)[O-])c(OC)c1OC. The van der Waals surface area contributed by atoms with Crippen LogP contribution in [0, 0.1) is 10.1 Å². The van der Waals surface area contributed by atoms with Gasteiger partial charge < -0.3 is 19.5 Å². The van der Waals surface area contributed by atoms with Gasteiger partial charge in [-0.05, 0) is 18.2 Å². The number of nitrogens with zero attached hydrogens (tertiary/aromatic N) is 1. The standard InChI is InChI=1S/C16H14Cl2N2O6/c1-24-12-7-9(13(20(22)23)15(26-3)14(12)25-2)16(21)19-8-4-5-10(17)11(18)6-8/h4-7H,1-3H3,(H,19,21). The monoisotopic (exact) mass is 400 g/mol. The van der Waals surface area contributed by atoms with Crippen molar-refractivity contribution in [2.24, 2.45) is 0 Å². The summed E-state index contributed by atoms with van der Waals surface area (Å²) in [6.07, 6.45) is 0. The van der Waals surface area contributed by atoms with Crippen molar-refractivity contribution < 1.29 is 23.9 Å². The van der Waals surface area contributed by atoms with Gasteiger partial charge in [0.05, 0.1) is 36.3 Å². The molecule has 0 atom stereocenters. The summed E-state index contributed by atoms with van der Waals surface area (Å²) < 4.78 is 15.3. The fourth-order valence-corrected chi connectivity index (χ4v) is 2.57. The number of ether oxygens (including phenoxy) is 3. The lowest BCUT2D eigenvalue weighted by molar-refractivity contribution is -0.386. The van der Waals surface area contributed by atoms with Crippen molar-refractivity contribution in [3.05, 3.63) is 50.0 Å². The molecule has 1 N–H and O–H groups in total. The molecule has 138 valence electrons. The van der Waals surface area contributed by atoms with Crippen LogP contribution in [-0.4, -0.2) is 32.2 Å². The van der Waals surface area contributed by atoms with E-state index in [0.717, 1.165) is 0 Å². The molecule has 0 spiro atoms. The highest BCUT2D eigenvalue weighted by Crippen LogP contribution is 2.46. The first-order chi connectivity index (χ1) is 12.3. The number of amides is 1. The third-order valence-corrected chi connectivity index (χ3v) is 4.15. The lowest BCUT2D eigenvalue weighted by atomic mass is 10.1. The summed E-state index contributed by atoms with van der Waals surface area (Å²) in [6.45, 7) is 0. The van der Waals surface area contributed by atoms with Gasteiger partial charge in [0, 0.05) is 11.8 Å². The van der Waals surface area contributed by atoms with Crippen LogP contribution in [-0.2, 0) is 0 Å². The topological polar surface area (TPSA) is 99.9 Å². The van der Waals surface area contributed by atoms with Crippen molar-refractivity contribution in [3.8, 4) is 17.2 Å². The Morgan fingerprint density at radius 2 is 1.69 bits per heavy atom. The first-order valence-electron chi connectivity index (χ1n) is 7.07. The van der Waals surface area contributed by atoms with E-state index in [-0.39, 0.29) is 27.8 Å². The highest BCUT2D eigenvalue weighted by atomic mass is 35.5. The maximum absolute atomic E-state index is 12.6. The predicted octanol–water partition coefficient (Wildman–Crippen LogP) is 4.18. The lowest BCUT2D eigenvalue weighted by Gasteiger charge is -2.15. The Hall–Kier alpha value is -2.71. The average Bonchev–Trinajstić information content (AvgIpc) is 2.62. The molecule has 0 saturated heterocycles. The van der Waals surface area contributed by atoms with Crippen LogP contribution in [0.15, 0.2) is 24.3 Å². The summed E-state index contributed by atoms with van der Waals surface area (Å²) in [5, 5.41) is 14.6. The number of anilines is 1. The van der Waals surface area contributed by atoms with Gasteiger partial charge in [0.15, 0.2) is 5.75 Å². The van der Waals surface area contributed by atoms with E-state index in [1.807, 2.05) is 0 Å². The molecule has 0 aliphatic heterocycles. The Kier molecular flexibility index (Phi) is 6.12. The van der Waals surface area contributed by atoms with Crippen molar-refractivity contribution >= 4 is 40.5 Å². The predicted molar refractivity (Wildman–Crippen MR) is 97.2 cm³/mol. The Morgan fingerprint density at radius 1 is 1.04 bits per heavy atom. The summed E-state index contributed by atoms with van der Waals surface area (Å²) >= 11 is 11.7. The maximum atomic E-state index is 12.6. The molecule has 0 fully saturated rings. The molecule has 2 aromatic carbocycles. The van der Waals surface area contributed by atoms with E-state index < -0.39 is 16.5 Å². The van der Waals surface area contributed by atoms with E-state index in [2.05, 4.69) is 5.32 Å². The zero-order chi connectivity index (χ0) is 19.4. The molecule has 0 aromatic heterocycles. The molecule has 0 aliphatic carbocycles. The molecule has 0 unspecified atom stereocenters. The lowest BCUT2D eigenvalue weighted by Crippen LogP contribution is -2.15. The minimum Gasteiger partial charge on any atom is -0.493 e. The molecule has 0 radical (unpaired) electrons. The molecule has 0 aliphatic rings. The van der Waals surface area contributed by atoms with Crippen LogP contribution in [0.4, 0.5) is 11.4 Å². The number of nitro benzene ring substituents is 1. The number of methoxy groups -OCH3 is 3. The third-order valence-electron chi connectivity index (χ3n) is 3.41. The van der Waals surface area contributed by atoms with Gasteiger partial charge in [0.25, 0.3) is 5.91 Å². The molecule has 0 saturated carbocycles. The van der Waals surface area contributed by atoms with E-state index in [1.165, 1.54) is 45.6 Å². The molecule has 26 heavy (non-hydrogen) atoms. The molecular weight excluding hydrogens is 387 g/mol. The number of halogens is 2. The minimum absolute atomic E-state index is 0.00721. The summed E-state index contributed by atoms with van der Waals surface area (Å²) in [7, 11) is 3.87. The van der Waals surface area contributed by atoms with E-state index in [4.69, 9.17) is 37.4 Å². The largest absolute Gasteiger partial charge is 0.493 e. The molecule has 1 amide bonds. The minimum atomic E-state index is -0.755. The number of carbonyl (C=O) groups excluding carboxylic acids is 1. The van der Waals surface area contributed by atoms with E-state index in [0.29, 0.717) is 10.7 Å². The number of rotatable bonds is 6. The number of benzene rings is 2. The van der Waals surface area contributed by atoms with Crippen molar-refractivity contribution in [2.45, 2.75) is 0 Å². The summed E-state index contributed by atoms with van der Waals surface area (Å²) in [4.78, 5) is 23.4. The van der Waals surface area contributed by atoms with Crippen molar-refractivity contribution in [2.75, 3.05) is 26.6 Å². The van der Waals surface area contributed by atoms with Crippen LogP contribution < -0.4 is 19.5 Å². The summed E-state index contributed by atoms with van der Waals surface area (Å²) in [5.74, 6) is -0.868. The van der Waals surface area contributed by atoms with Gasteiger partial charge in [-0.25, -0.2) is 0 Å². The average molecular weight is 401 g/mol. The van der Waals surface area contributed by atoms with Crippen LogP contribution >= 0.6 is 23.2 Å². The molecule has 10 heteroatoms. The van der Waals surface area contributed by atoms with Gasteiger partial charge in [-0.15, -0.1) is 0 Å². The highest BCUT2D eigenvalue weighted by Gasteiger charge is 2.32. The van der Waals surface area contributed by atoms with Crippen LogP contribution in [0.5, 0.6) is 17.2 Å². The van der Waals surface area contributed by atoms with Gasteiger partial charge in [-0.1, -0.05) is 23.2 Å². The Bertz CT molecular complexity index is 872. The van der Waals surface area contributed by atoms with E-state index in [1.54, 1.807) is 0 Å². The van der Waals surface area contributed by atoms with Gasteiger partial charge >= 0.3 is 5.69 Å². The van der Waals surface area contributed by atoms with Gasteiger partial charge in [-0.2, -0.15) is 0 Å². The molecule has 0 bridgehead atoms. The second kappa shape index (κ2) is 8.11. The fraction of sp³-hybridized carbons (Fsp3) is 0.188.